The number of ether oxygens (including phenoxy) is 1. The smallest absolute Gasteiger partial charge is 0.230 e. The molecule has 1 atom stereocenters. The zero-order chi connectivity index (χ0) is 14.1. The fourth-order valence-corrected chi connectivity index (χ4v) is 2.76. The van der Waals surface area contributed by atoms with Crippen LogP contribution in [0.25, 0.3) is 0 Å². The quantitative estimate of drug-likeness (QED) is 0.837. The van der Waals surface area contributed by atoms with Crippen molar-refractivity contribution in [1.82, 2.24) is 5.32 Å². The van der Waals surface area contributed by atoms with Gasteiger partial charge < -0.3 is 19.9 Å². The minimum Gasteiger partial charge on any atom is -0.488 e. The molecular weight excluding hydrogens is 254 g/mol. The maximum atomic E-state index is 12.1. The van der Waals surface area contributed by atoms with Crippen LogP contribution < -0.4 is 19.9 Å². The molecule has 0 radical (unpaired) electrons. The predicted molar refractivity (Wildman–Crippen MR) is 79.6 cm³/mol. The maximum absolute atomic E-state index is 12.1. The van der Waals surface area contributed by atoms with E-state index < -0.39 is 0 Å². The summed E-state index contributed by atoms with van der Waals surface area (Å²) < 4.78 is 5.85. The lowest BCUT2D eigenvalue weighted by atomic mass is 10.2. The van der Waals surface area contributed by atoms with Gasteiger partial charge in [0.2, 0.25) is 5.91 Å². The third-order valence-electron chi connectivity index (χ3n) is 3.95. The Balaban J connectivity index is 1.94. The molecule has 1 aromatic carbocycles. The molecule has 0 saturated carbocycles. The number of hydrogen-bond donors (Lipinski definition) is 1. The monoisotopic (exact) mass is 275 g/mol. The van der Waals surface area contributed by atoms with Crippen LogP contribution in [-0.4, -0.2) is 45.2 Å². The van der Waals surface area contributed by atoms with E-state index >= 15 is 0 Å². The lowest BCUT2D eigenvalue weighted by Crippen LogP contribution is -2.43. The van der Waals surface area contributed by atoms with Crippen molar-refractivity contribution in [3.8, 4) is 5.75 Å². The molecule has 3 rings (SSSR count). The highest BCUT2D eigenvalue weighted by molar-refractivity contribution is 5.96. The standard InChI is InChI=1S/C15H21N3O2/c1-11-9-15(19)17(2)13-10-12(3-4-14(13)20-11)18-7-5-16-6-8-18/h3-4,10-11,16H,5-9H2,1-2H3. The van der Waals surface area contributed by atoms with Crippen LogP contribution in [0.2, 0.25) is 0 Å². The van der Waals surface area contributed by atoms with Crippen molar-refractivity contribution in [3.05, 3.63) is 18.2 Å². The summed E-state index contributed by atoms with van der Waals surface area (Å²) in [6.45, 7) is 5.92. The van der Waals surface area contributed by atoms with Gasteiger partial charge in [0.1, 0.15) is 11.9 Å². The molecule has 1 aromatic rings. The molecule has 0 spiro atoms. The molecule has 0 bridgehead atoms. The molecule has 1 unspecified atom stereocenters. The Morgan fingerprint density at radius 2 is 2.05 bits per heavy atom. The highest BCUT2D eigenvalue weighted by atomic mass is 16.5. The molecule has 5 nitrogen and oxygen atoms in total. The van der Waals surface area contributed by atoms with Crippen LogP contribution in [0.1, 0.15) is 13.3 Å². The van der Waals surface area contributed by atoms with Crippen molar-refractivity contribution >= 4 is 17.3 Å². The average molecular weight is 275 g/mol. The number of carbonyl (C=O) groups is 1. The summed E-state index contributed by atoms with van der Waals surface area (Å²) in [4.78, 5) is 16.1. The minimum atomic E-state index is -0.0729. The molecule has 1 N–H and O–H groups in total. The van der Waals surface area contributed by atoms with Gasteiger partial charge in [-0.15, -0.1) is 0 Å². The van der Waals surface area contributed by atoms with Gasteiger partial charge in [0.05, 0.1) is 12.1 Å². The van der Waals surface area contributed by atoms with E-state index in [1.165, 1.54) is 0 Å². The van der Waals surface area contributed by atoms with Crippen LogP contribution in [0.4, 0.5) is 11.4 Å². The Morgan fingerprint density at radius 3 is 2.80 bits per heavy atom. The first kappa shape index (κ1) is 13.2. The van der Waals surface area contributed by atoms with Gasteiger partial charge >= 0.3 is 0 Å². The van der Waals surface area contributed by atoms with Crippen molar-refractivity contribution in [3.63, 3.8) is 0 Å². The summed E-state index contributed by atoms with van der Waals surface area (Å²) in [5.41, 5.74) is 2.03. The second-order valence-corrected chi connectivity index (χ2v) is 5.47. The van der Waals surface area contributed by atoms with Crippen LogP contribution in [0.3, 0.4) is 0 Å². The van der Waals surface area contributed by atoms with E-state index in [0.29, 0.717) is 6.42 Å². The first-order chi connectivity index (χ1) is 9.65. The average Bonchev–Trinajstić information content (AvgIpc) is 2.57. The number of fused-ring (bicyclic) bond motifs is 1. The maximum Gasteiger partial charge on any atom is 0.230 e. The number of hydrogen-bond acceptors (Lipinski definition) is 4. The number of piperazine rings is 1. The molecule has 1 fully saturated rings. The summed E-state index contributed by atoms with van der Waals surface area (Å²) in [6.07, 6.45) is 0.352. The number of nitrogens with one attached hydrogen (secondary N) is 1. The molecule has 0 aromatic heterocycles. The van der Waals surface area contributed by atoms with Crippen LogP contribution in [0.5, 0.6) is 5.75 Å². The largest absolute Gasteiger partial charge is 0.488 e. The van der Waals surface area contributed by atoms with E-state index in [4.69, 9.17) is 4.74 Å². The van der Waals surface area contributed by atoms with Gasteiger partial charge in [-0.25, -0.2) is 0 Å². The van der Waals surface area contributed by atoms with Crippen LogP contribution in [0, 0.1) is 0 Å². The van der Waals surface area contributed by atoms with Crippen molar-refractivity contribution in [1.29, 1.82) is 0 Å². The summed E-state index contributed by atoms with van der Waals surface area (Å²) in [6, 6.07) is 6.13. The summed E-state index contributed by atoms with van der Waals surface area (Å²) in [5.74, 6) is 0.901. The highest BCUT2D eigenvalue weighted by Crippen LogP contribution is 2.35. The van der Waals surface area contributed by atoms with Gasteiger partial charge in [-0.1, -0.05) is 0 Å². The molecule has 0 aliphatic carbocycles. The topological polar surface area (TPSA) is 44.8 Å². The van der Waals surface area contributed by atoms with E-state index in [1.54, 1.807) is 4.90 Å². The Kier molecular flexibility index (Phi) is 3.53. The molecule has 2 aliphatic rings. The first-order valence-electron chi connectivity index (χ1n) is 7.18. The van der Waals surface area contributed by atoms with Crippen LogP contribution in [0.15, 0.2) is 18.2 Å². The van der Waals surface area contributed by atoms with Gasteiger partial charge in [0.15, 0.2) is 0 Å². The SMILES string of the molecule is CC1CC(=O)N(C)c2cc(N3CCNCC3)ccc2O1. The zero-order valence-corrected chi connectivity index (χ0v) is 12.1. The second-order valence-electron chi connectivity index (χ2n) is 5.47. The van der Waals surface area contributed by atoms with Crippen molar-refractivity contribution in [2.45, 2.75) is 19.4 Å². The fraction of sp³-hybridized carbons (Fsp3) is 0.533. The molecule has 1 saturated heterocycles. The Labute approximate surface area is 119 Å². The number of carbonyl (C=O) groups excluding carboxylic acids is 1. The van der Waals surface area contributed by atoms with Gasteiger partial charge in [-0.3, -0.25) is 4.79 Å². The molecule has 2 heterocycles. The molecular formula is C15H21N3O2. The fourth-order valence-electron chi connectivity index (χ4n) is 2.76. The first-order valence-corrected chi connectivity index (χ1v) is 7.18. The lowest BCUT2D eigenvalue weighted by molar-refractivity contribution is -0.119. The highest BCUT2D eigenvalue weighted by Gasteiger charge is 2.25. The van der Waals surface area contributed by atoms with Crippen molar-refractivity contribution in [2.24, 2.45) is 0 Å². The number of amides is 1. The Hall–Kier alpha value is -1.75. The Bertz CT molecular complexity index is 512. The third-order valence-corrected chi connectivity index (χ3v) is 3.95. The summed E-state index contributed by atoms with van der Waals surface area (Å²) in [5, 5.41) is 3.35. The number of anilines is 2. The molecule has 20 heavy (non-hydrogen) atoms. The minimum absolute atomic E-state index is 0.0729. The zero-order valence-electron chi connectivity index (χ0n) is 12.1. The second kappa shape index (κ2) is 5.32. The predicted octanol–water partition coefficient (Wildman–Crippen LogP) is 1.23. The number of benzene rings is 1. The van der Waals surface area contributed by atoms with E-state index in [-0.39, 0.29) is 12.0 Å². The molecule has 2 aliphatic heterocycles. The molecule has 108 valence electrons. The van der Waals surface area contributed by atoms with E-state index in [1.807, 2.05) is 20.0 Å². The molecule has 5 heteroatoms. The number of rotatable bonds is 1. The van der Waals surface area contributed by atoms with Crippen molar-refractivity contribution < 1.29 is 9.53 Å². The van der Waals surface area contributed by atoms with E-state index in [9.17, 15) is 4.79 Å². The number of nitrogens with zero attached hydrogens (tertiary/aromatic N) is 2. The van der Waals surface area contributed by atoms with Crippen LogP contribution in [-0.2, 0) is 4.79 Å². The van der Waals surface area contributed by atoms with Gasteiger partial charge in [0.25, 0.3) is 0 Å². The van der Waals surface area contributed by atoms with Gasteiger partial charge in [-0.05, 0) is 25.1 Å². The summed E-state index contributed by atoms with van der Waals surface area (Å²) in [7, 11) is 1.82. The van der Waals surface area contributed by atoms with E-state index in [0.717, 1.165) is 43.3 Å². The lowest BCUT2D eigenvalue weighted by Gasteiger charge is -2.30. The van der Waals surface area contributed by atoms with Gasteiger partial charge in [0, 0.05) is 38.9 Å². The van der Waals surface area contributed by atoms with E-state index in [2.05, 4.69) is 22.3 Å². The van der Waals surface area contributed by atoms with Gasteiger partial charge in [-0.2, -0.15) is 0 Å². The Morgan fingerprint density at radius 1 is 1.30 bits per heavy atom. The molecule has 1 amide bonds. The summed E-state index contributed by atoms with van der Waals surface area (Å²) >= 11 is 0. The van der Waals surface area contributed by atoms with Crippen molar-refractivity contribution in [2.75, 3.05) is 43.0 Å². The third kappa shape index (κ3) is 2.45. The normalized spacial score (nSPS) is 23.1. The van der Waals surface area contributed by atoms with Crippen LogP contribution >= 0.6 is 0 Å².